The van der Waals surface area contributed by atoms with Gasteiger partial charge in [0, 0.05) is 66.2 Å². The van der Waals surface area contributed by atoms with Gasteiger partial charge in [0.15, 0.2) is 60.5 Å². The first-order chi connectivity index (χ1) is 69.4. The topological polar surface area (TPSA) is 129 Å². The summed E-state index contributed by atoms with van der Waals surface area (Å²) < 4.78 is 6.22. The maximum absolute atomic E-state index is 6.22. The molecular weight excluding hydrogens is 1720 g/mol. The highest BCUT2D eigenvalue weighted by Gasteiger charge is 2.42. The molecule has 0 aliphatic heterocycles. The van der Waals surface area contributed by atoms with E-state index in [0.29, 0.717) is 52.4 Å². The quantitative estimate of drug-likeness (QED) is 0.0589. The molecule has 0 unspecified atom stereocenters. The van der Waals surface area contributed by atoms with Gasteiger partial charge in [0.05, 0.1) is 0 Å². The van der Waals surface area contributed by atoms with Crippen LogP contribution in [0, 0.1) is 0 Å². The minimum Gasteiger partial charge on any atom is -0.456 e. The summed E-state index contributed by atoms with van der Waals surface area (Å²) in [4.78, 5) is 46.5. The van der Waals surface area contributed by atoms with Crippen LogP contribution in [0.2, 0.25) is 0 Å². The van der Waals surface area contributed by atoms with Crippen LogP contribution in [0.15, 0.2) is 508 Å². The minimum atomic E-state index is -2.79. The van der Waals surface area contributed by atoms with Gasteiger partial charge in [-0.3, -0.25) is 0 Å². The van der Waals surface area contributed by atoms with Gasteiger partial charge >= 0.3 is 0 Å². The van der Waals surface area contributed by atoms with Crippen molar-refractivity contribution in [3.8, 4) is 114 Å². The molecule has 0 bridgehead atoms. The van der Waals surface area contributed by atoms with E-state index in [1.54, 1.807) is 0 Å². The minimum absolute atomic E-state index is 0.614. The molecule has 0 N–H and O–H groups in total. The van der Waals surface area contributed by atoms with E-state index in [9.17, 15) is 0 Å². The second kappa shape index (κ2) is 36.0. The fourth-order valence-corrected chi connectivity index (χ4v) is 25.3. The second-order valence-corrected chi connectivity index (χ2v) is 39.0. The lowest BCUT2D eigenvalue weighted by Crippen LogP contribution is -2.74. The summed E-state index contributed by atoms with van der Waals surface area (Å²) in [6.45, 7) is 0. The van der Waals surface area contributed by atoms with Crippen molar-refractivity contribution < 1.29 is 4.42 Å². The Hall–Kier alpha value is -18.6. The Balaban J connectivity index is 0.000000112. The molecule has 0 spiro atoms. The number of rotatable bonds is 14. The van der Waals surface area contributed by atoms with Crippen LogP contribution in [-0.2, 0) is 0 Å². The molecule has 0 aliphatic carbocycles. The van der Waals surface area contributed by atoms with Crippen molar-refractivity contribution in [3.05, 3.63) is 504 Å². The van der Waals surface area contributed by atoms with Gasteiger partial charge in [-0.1, -0.05) is 467 Å². The first kappa shape index (κ1) is 83.3. The van der Waals surface area contributed by atoms with Crippen LogP contribution in [0.1, 0.15) is 0 Å². The molecule has 10 nitrogen and oxygen atoms in total. The van der Waals surface area contributed by atoms with Gasteiger partial charge < -0.3 is 4.42 Å². The van der Waals surface area contributed by atoms with E-state index in [-0.39, 0.29) is 0 Å². The number of benzene rings is 23. The molecule has 27 rings (SSSR count). The Bertz CT molecular complexity index is 9350. The lowest BCUT2D eigenvalue weighted by Gasteiger charge is -2.34. The SMILES string of the molecule is c1ccc(-c2cccc(-c3nc(-c4ccccc4)nc(-c4cc5c6ccccc6ccc5c5ccccc45)n3)c2)cc1.c1ccc(-c2nc(-c3cc4c5ccccc5ccc4c4ccccc34)nc(-c3cccc4oc5ccccc5c34)n2)cc1.c1ccc(-c2nc(-c3cccc([Si](c4ccccc4)(c4ccccc4)c4ccccc4)c3)nc(-c3cc4ccccc4c4ccc5ccccc5c34)n2)cc1. The lowest BCUT2D eigenvalue weighted by molar-refractivity contribution is 0.669. The predicted molar refractivity (Wildman–Crippen MR) is 582 cm³/mol. The highest BCUT2D eigenvalue weighted by atomic mass is 28.3. The van der Waals surface area contributed by atoms with Gasteiger partial charge in [-0.15, -0.1) is 0 Å². The molecule has 23 aromatic carbocycles. The van der Waals surface area contributed by atoms with Crippen molar-refractivity contribution in [2.45, 2.75) is 0 Å². The van der Waals surface area contributed by atoms with Crippen molar-refractivity contribution in [2.24, 2.45) is 0 Å². The van der Waals surface area contributed by atoms with Gasteiger partial charge in [0.1, 0.15) is 11.2 Å². The molecule has 4 aromatic heterocycles. The number of para-hydroxylation sites is 1. The molecule has 11 heteroatoms. The molecule has 0 aliphatic rings. The van der Waals surface area contributed by atoms with E-state index < -0.39 is 8.07 Å². The molecule has 4 heterocycles. The van der Waals surface area contributed by atoms with Crippen molar-refractivity contribution >= 4 is 148 Å². The zero-order valence-electron chi connectivity index (χ0n) is 75.9. The van der Waals surface area contributed by atoms with Crippen LogP contribution in [0.3, 0.4) is 0 Å². The van der Waals surface area contributed by atoms with E-state index in [1.165, 1.54) is 96.2 Å². The monoisotopic (exact) mass is 1800 g/mol. The normalized spacial score (nSPS) is 11.6. The Morgan fingerprint density at radius 3 is 0.921 bits per heavy atom. The van der Waals surface area contributed by atoms with Gasteiger partial charge in [0.25, 0.3) is 0 Å². The Kier molecular flexibility index (Phi) is 21.4. The Labute approximate surface area is 808 Å². The van der Waals surface area contributed by atoms with E-state index in [4.69, 9.17) is 49.3 Å². The van der Waals surface area contributed by atoms with Crippen molar-refractivity contribution in [2.75, 3.05) is 0 Å². The number of hydrogen-bond donors (Lipinski definition) is 0. The molecule has 0 saturated heterocycles. The van der Waals surface area contributed by atoms with Crippen molar-refractivity contribution in [1.82, 2.24) is 44.9 Å². The summed E-state index contributed by atoms with van der Waals surface area (Å²) in [5.41, 5.74) is 12.6. The average Bonchev–Trinajstić information content (AvgIpc) is 0.906. The average molecular weight is 1800 g/mol. The number of aromatic nitrogens is 9. The largest absolute Gasteiger partial charge is 0.456 e. The predicted octanol–water partition coefficient (Wildman–Crippen LogP) is 29.9. The van der Waals surface area contributed by atoms with Crippen molar-refractivity contribution in [1.29, 1.82) is 0 Å². The summed E-state index contributed by atoms with van der Waals surface area (Å²) >= 11 is 0. The first-order valence-electron chi connectivity index (χ1n) is 47.2. The number of nitrogens with zero attached hydrogens (tertiary/aromatic N) is 9. The Morgan fingerprint density at radius 1 is 0.136 bits per heavy atom. The van der Waals surface area contributed by atoms with Crippen LogP contribution in [0.25, 0.3) is 233 Å². The number of fused-ring (bicyclic) bond motifs is 18. The smallest absolute Gasteiger partial charge is 0.179 e. The lowest BCUT2D eigenvalue weighted by atomic mass is 9.92. The van der Waals surface area contributed by atoms with E-state index in [1.807, 2.05) is 103 Å². The molecule has 0 saturated carbocycles. The van der Waals surface area contributed by atoms with Crippen LogP contribution in [0.5, 0.6) is 0 Å². The highest BCUT2D eigenvalue weighted by Crippen LogP contribution is 2.45. The molecule has 0 atom stereocenters. The van der Waals surface area contributed by atoms with E-state index in [2.05, 4.69) is 400 Å². The summed E-state index contributed by atoms with van der Waals surface area (Å²) in [5, 5.41) is 28.5. The number of hydrogen-bond acceptors (Lipinski definition) is 10. The third kappa shape index (κ3) is 15.3. The van der Waals surface area contributed by atoms with Crippen LogP contribution < -0.4 is 20.7 Å². The van der Waals surface area contributed by atoms with Gasteiger partial charge in [0.2, 0.25) is 0 Å². The van der Waals surface area contributed by atoms with Crippen LogP contribution in [-0.4, -0.2) is 52.9 Å². The fraction of sp³-hybridized carbons (Fsp3) is 0. The van der Waals surface area contributed by atoms with Crippen LogP contribution >= 0.6 is 0 Å². The maximum atomic E-state index is 6.22. The third-order valence-corrected chi connectivity index (χ3v) is 31.8. The zero-order chi connectivity index (χ0) is 92.8. The zero-order valence-corrected chi connectivity index (χ0v) is 76.9. The maximum Gasteiger partial charge on any atom is 0.179 e. The van der Waals surface area contributed by atoms with Crippen molar-refractivity contribution in [3.63, 3.8) is 0 Å². The van der Waals surface area contributed by atoms with Gasteiger partial charge in [-0.25, -0.2) is 44.9 Å². The standard InChI is InChI=1S/C51H35N3Si.C39H23N3O.C39H25N3/c1-5-19-37(20-6-1)49-52-50(54-51(53-49)47-35-38-21-14-15-30-44(38)46-33-32-36-18-13-16-31-45(36)48(46)47)39-22-17-29-43(34-39)55(40-23-7-2-8-24-40,41-25-9-3-10-26-41)42-27-11-4-12-28-42;1-2-12-25(13-3-1)37-40-38(31-18-10-20-35-36(31)30-17-8-9-19-34(30)43-35)42-39(41-37)33-23-32-26-14-5-4-11-24(26)21-22-29(32)27-15-6-7-16-28(27)33;1-3-12-26(13-4-1)29-17-11-18-30(24-29)38-40-37(28-15-5-2-6-16-28)41-39(42-38)36-25-35-31-19-8-7-14-27(31)22-23-34(35)32-20-9-10-21-33(32)36/h1-35H;1-23H;1-25H. The highest BCUT2D eigenvalue weighted by molar-refractivity contribution is 7.20. The molecular formula is C129H83N9OSi. The molecule has 0 fully saturated rings. The fourth-order valence-electron chi connectivity index (χ4n) is 20.6. The van der Waals surface area contributed by atoms with Gasteiger partial charge in [-0.2, -0.15) is 0 Å². The Morgan fingerprint density at radius 2 is 0.436 bits per heavy atom. The first-order valence-corrected chi connectivity index (χ1v) is 49.2. The summed E-state index contributed by atoms with van der Waals surface area (Å²) in [7, 11) is -2.79. The molecule has 0 radical (unpaired) electrons. The summed E-state index contributed by atoms with van der Waals surface area (Å²) in [5.74, 6) is 5.79. The third-order valence-electron chi connectivity index (χ3n) is 27.1. The number of furan rings is 1. The van der Waals surface area contributed by atoms with Crippen LogP contribution in [0.4, 0.5) is 0 Å². The van der Waals surface area contributed by atoms with E-state index >= 15 is 0 Å². The summed E-state index contributed by atoms with van der Waals surface area (Å²) in [6, 6.07) is 177. The molecule has 140 heavy (non-hydrogen) atoms. The van der Waals surface area contributed by atoms with E-state index in [0.717, 1.165) is 105 Å². The molecule has 0 amide bonds. The molecule has 654 valence electrons. The summed E-state index contributed by atoms with van der Waals surface area (Å²) in [6.07, 6.45) is 0. The second-order valence-electron chi connectivity index (χ2n) is 35.2. The van der Waals surface area contributed by atoms with Gasteiger partial charge in [-0.05, 0) is 160 Å². The molecule has 27 aromatic rings.